The third-order valence-electron chi connectivity index (χ3n) is 2.74. The summed E-state index contributed by atoms with van der Waals surface area (Å²) in [6.07, 6.45) is 0.807. The van der Waals surface area contributed by atoms with Crippen LogP contribution < -0.4 is 10.6 Å². The molecule has 3 N–H and O–H groups in total. The highest BCUT2D eigenvalue weighted by Gasteiger charge is 2.24. The van der Waals surface area contributed by atoms with Gasteiger partial charge in [-0.2, -0.15) is 0 Å². The van der Waals surface area contributed by atoms with Crippen molar-refractivity contribution < 1.29 is 9.90 Å². The minimum atomic E-state index is -0.909. The Hall–Kier alpha value is -1.39. The molecule has 0 aromatic heterocycles. The standard InChI is InChI=1S/C12H16N2O2/c15-10-8-13-11(14-12(10)16)7-6-9-4-2-1-3-5-9/h1-5,10-11,13,15H,6-8H2,(H,14,16). The van der Waals surface area contributed by atoms with Crippen LogP contribution in [0.25, 0.3) is 0 Å². The Kier molecular flexibility index (Phi) is 3.54. The van der Waals surface area contributed by atoms with Crippen molar-refractivity contribution in [2.45, 2.75) is 25.1 Å². The van der Waals surface area contributed by atoms with Crippen molar-refractivity contribution in [2.75, 3.05) is 6.54 Å². The predicted molar refractivity (Wildman–Crippen MR) is 60.7 cm³/mol. The molecule has 0 spiro atoms. The molecule has 0 radical (unpaired) electrons. The van der Waals surface area contributed by atoms with Gasteiger partial charge >= 0.3 is 0 Å². The lowest BCUT2D eigenvalue weighted by atomic mass is 10.1. The van der Waals surface area contributed by atoms with Crippen LogP contribution >= 0.6 is 0 Å². The maximum absolute atomic E-state index is 11.2. The molecule has 1 aromatic rings. The highest BCUT2D eigenvalue weighted by Crippen LogP contribution is 2.05. The maximum atomic E-state index is 11.2. The molecule has 1 aliphatic rings. The van der Waals surface area contributed by atoms with Gasteiger partial charge in [0, 0.05) is 6.54 Å². The van der Waals surface area contributed by atoms with Crippen LogP contribution in [-0.4, -0.2) is 29.8 Å². The number of aliphatic hydroxyl groups is 1. The molecule has 2 rings (SSSR count). The molecule has 16 heavy (non-hydrogen) atoms. The molecule has 1 aliphatic heterocycles. The Morgan fingerprint density at radius 3 is 2.75 bits per heavy atom. The van der Waals surface area contributed by atoms with Crippen LogP contribution in [0, 0.1) is 0 Å². The average molecular weight is 220 g/mol. The Balaban J connectivity index is 1.81. The van der Waals surface area contributed by atoms with E-state index in [1.54, 1.807) is 0 Å². The van der Waals surface area contributed by atoms with Gasteiger partial charge in [0.05, 0.1) is 6.17 Å². The highest BCUT2D eigenvalue weighted by molar-refractivity contribution is 5.81. The molecule has 0 aliphatic carbocycles. The molecule has 1 aromatic carbocycles. The van der Waals surface area contributed by atoms with Gasteiger partial charge in [0.25, 0.3) is 5.91 Å². The third-order valence-corrected chi connectivity index (χ3v) is 2.74. The number of benzene rings is 1. The number of hydrogen-bond donors (Lipinski definition) is 3. The van der Waals surface area contributed by atoms with Crippen LogP contribution in [0.4, 0.5) is 0 Å². The van der Waals surface area contributed by atoms with E-state index in [0.29, 0.717) is 6.54 Å². The van der Waals surface area contributed by atoms with Crippen molar-refractivity contribution in [3.63, 3.8) is 0 Å². The summed E-state index contributed by atoms with van der Waals surface area (Å²) in [6, 6.07) is 10.1. The van der Waals surface area contributed by atoms with E-state index in [-0.39, 0.29) is 12.1 Å². The number of nitrogens with one attached hydrogen (secondary N) is 2. The predicted octanol–water partition coefficient (Wildman–Crippen LogP) is 0.0256. The first kappa shape index (κ1) is 11.1. The van der Waals surface area contributed by atoms with Gasteiger partial charge in [-0.25, -0.2) is 0 Å². The Morgan fingerprint density at radius 2 is 2.06 bits per heavy atom. The smallest absolute Gasteiger partial charge is 0.251 e. The first-order chi connectivity index (χ1) is 7.75. The minimum absolute atomic E-state index is 0.0314. The van der Waals surface area contributed by atoms with Crippen molar-refractivity contribution in [2.24, 2.45) is 0 Å². The van der Waals surface area contributed by atoms with Gasteiger partial charge in [-0.3, -0.25) is 10.1 Å². The van der Waals surface area contributed by atoms with Crippen LogP contribution in [0.15, 0.2) is 30.3 Å². The summed E-state index contributed by atoms with van der Waals surface area (Å²) in [4.78, 5) is 11.2. The van der Waals surface area contributed by atoms with E-state index >= 15 is 0 Å². The zero-order chi connectivity index (χ0) is 11.4. The Bertz CT molecular complexity index is 353. The van der Waals surface area contributed by atoms with Crippen LogP contribution in [0.1, 0.15) is 12.0 Å². The Labute approximate surface area is 94.7 Å². The van der Waals surface area contributed by atoms with Crippen molar-refractivity contribution in [1.82, 2.24) is 10.6 Å². The van der Waals surface area contributed by atoms with Crippen molar-refractivity contribution in [3.8, 4) is 0 Å². The summed E-state index contributed by atoms with van der Waals surface area (Å²) in [6.45, 7) is 0.339. The molecule has 1 saturated heterocycles. The second-order valence-electron chi connectivity index (χ2n) is 4.01. The average Bonchev–Trinajstić information content (AvgIpc) is 2.32. The number of carbonyl (C=O) groups excluding carboxylic acids is 1. The van der Waals surface area contributed by atoms with E-state index in [1.165, 1.54) is 5.56 Å². The highest BCUT2D eigenvalue weighted by atomic mass is 16.3. The van der Waals surface area contributed by atoms with E-state index in [2.05, 4.69) is 22.8 Å². The van der Waals surface area contributed by atoms with Gasteiger partial charge in [-0.15, -0.1) is 0 Å². The number of carbonyl (C=O) groups is 1. The summed E-state index contributed by atoms with van der Waals surface area (Å²) in [7, 11) is 0. The fraction of sp³-hybridized carbons (Fsp3) is 0.417. The zero-order valence-corrected chi connectivity index (χ0v) is 9.02. The molecule has 1 amide bonds. The summed E-state index contributed by atoms with van der Waals surface area (Å²) in [5.41, 5.74) is 1.25. The molecule has 1 heterocycles. The quantitative estimate of drug-likeness (QED) is 0.673. The second kappa shape index (κ2) is 5.09. The second-order valence-corrected chi connectivity index (χ2v) is 4.01. The first-order valence-corrected chi connectivity index (χ1v) is 5.51. The van der Waals surface area contributed by atoms with E-state index in [0.717, 1.165) is 12.8 Å². The fourth-order valence-electron chi connectivity index (χ4n) is 1.80. The van der Waals surface area contributed by atoms with E-state index < -0.39 is 6.10 Å². The topological polar surface area (TPSA) is 61.4 Å². The molecule has 0 saturated carbocycles. The number of amides is 1. The van der Waals surface area contributed by atoms with Crippen LogP contribution in [-0.2, 0) is 11.2 Å². The summed E-state index contributed by atoms with van der Waals surface area (Å²) >= 11 is 0. The van der Waals surface area contributed by atoms with Crippen molar-refractivity contribution in [1.29, 1.82) is 0 Å². The third kappa shape index (κ3) is 2.81. The molecule has 0 bridgehead atoms. The number of rotatable bonds is 3. The molecule has 2 atom stereocenters. The maximum Gasteiger partial charge on any atom is 0.251 e. The molecule has 4 heteroatoms. The Morgan fingerprint density at radius 1 is 1.31 bits per heavy atom. The van der Waals surface area contributed by atoms with Crippen molar-refractivity contribution >= 4 is 5.91 Å². The number of β-amino-alcohol motifs (C(OH)–C–C–N with tert-alkyl or cyclic N) is 1. The molecule has 2 unspecified atom stereocenters. The largest absolute Gasteiger partial charge is 0.382 e. The van der Waals surface area contributed by atoms with Crippen LogP contribution in [0.3, 0.4) is 0 Å². The van der Waals surface area contributed by atoms with E-state index in [1.807, 2.05) is 18.2 Å². The van der Waals surface area contributed by atoms with E-state index in [9.17, 15) is 9.90 Å². The van der Waals surface area contributed by atoms with Gasteiger partial charge in [-0.1, -0.05) is 30.3 Å². The minimum Gasteiger partial charge on any atom is -0.382 e. The summed E-state index contributed by atoms with van der Waals surface area (Å²) in [5, 5.41) is 15.0. The molecule has 1 fully saturated rings. The summed E-state index contributed by atoms with van der Waals surface area (Å²) < 4.78 is 0. The number of aryl methyl sites for hydroxylation is 1. The van der Waals surface area contributed by atoms with Gasteiger partial charge in [0.1, 0.15) is 6.10 Å². The van der Waals surface area contributed by atoms with Gasteiger partial charge < -0.3 is 10.4 Å². The molecular formula is C12H16N2O2. The number of aliphatic hydroxyl groups excluding tert-OH is 1. The van der Waals surface area contributed by atoms with Crippen LogP contribution in [0.2, 0.25) is 0 Å². The van der Waals surface area contributed by atoms with E-state index in [4.69, 9.17) is 0 Å². The zero-order valence-electron chi connectivity index (χ0n) is 9.02. The lowest BCUT2D eigenvalue weighted by Gasteiger charge is -2.27. The monoisotopic (exact) mass is 220 g/mol. The van der Waals surface area contributed by atoms with Crippen molar-refractivity contribution in [3.05, 3.63) is 35.9 Å². The lowest BCUT2D eigenvalue weighted by molar-refractivity contribution is -0.132. The molecule has 4 nitrogen and oxygen atoms in total. The number of hydrogen-bond acceptors (Lipinski definition) is 3. The SMILES string of the molecule is O=C1NC(CCc2ccccc2)NCC1O. The lowest BCUT2D eigenvalue weighted by Crippen LogP contribution is -2.58. The van der Waals surface area contributed by atoms with Gasteiger partial charge in [-0.05, 0) is 18.4 Å². The van der Waals surface area contributed by atoms with Gasteiger partial charge in [0.15, 0.2) is 0 Å². The molecule has 86 valence electrons. The van der Waals surface area contributed by atoms with Gasteiger partial charge in [0.2, 0.25) is 0 Å². The molecular weight excluding hydrogens is 204 g/mol. The summed E-state index contributed by atoms with van der Waals surface area (Å²) in [5.74, 6) is -0.281. The first-order valence-electron chi connectivity index (χ1n) is 5.51. The van der Waals surface area contributed by atoms with Crippen LogP contribution in [0.5, 0.6) is 0 Å². The fourth-order valence-corrected chi connectivity index (χ4v) is 1.80. The normalized spacial score (nSPS) is 25.2.